The van der Waals surface area contributed by atoms with Crippen LogP contribution in [0.1, 0.15) is 0 Å². The molecular formula is C11H12N2O4S. The summed E-state index contributed by atoms with van der Waals surface area (Å²) in [6.45, 7) is 0.113. The molecule has 0 saturated carbocycles. The van der Waals surface area contributed by atoms with E-state index in [2.05, 4.69) is 20.7 Å². The standard InChI is InChI=1S/C11H12N2O4S/c1-3-8-12-11(14)13-9-4-6-10(7-5-9)18(15,16)17-2/h1,4-7H,8H2,2H3,(H2,12,13,14). The predicted octanol–water partition coefficient (Wildman–Crippen LogP) is 0.776. The van der Waals surface area contributed by atoms with Gasteiger partial charge in [0, 0.05) is 5.69 Å². The van der Waals surface area contributed by atoms with E-state index in [1.165, 1.54) is 24.3 Å². The number of anilines is 1. The van der Waals surface area contributed by atoms with Gasteiger partial charge in [0.05, 0.1) is 18.6 Å². The third kappa shape index (κ3) is 3.76. The molecule has 0 aliphatic rings. The van der Waals surface area contributed by atoms with Gasteiger partial charge in [-0.2, -0.15) is 8.42 Å². The quantitative estimate of drug-likeness (QED) is 0.624. The smallest absolute Gasteiger partial charge is 0.319 e. The third-order valence-corrected chi connectivity index (χ3v) is 3.26. The second-order valence-electron chi connectivity index (χ2n) is 3.16. The second kappa shape index (κ2) is 6.05. The lowest BCUT2D eigenvalue weighted by Crippen LogP contribution is -2.28. The predicted molar refractivity (Wildman–Crippen MR) is 66.5 cm³/mol. The summed E-state index contributed by atoms with van der Waals surface area (Å²) in [5.41, 5.74) is 0.444. The molecule has 1 rings (SSSR count). The van der Waals surface area contributed by atoms with Crippen LogP contribution in [-0.4, -0.2) is 28.1 Å². The van der Waals surface area contributed by atoms with E-state index in [1.807, 2.05) is 0 Å². The van der Waals surface area contributed by atoms with Gasteiger partial charge >= 0.3 is 6.03 Å². The molecule has 0 bridgehead atoms. The highest BCUT2D eigenvalue weighted by Gasteiger charge is 2.12. The summed E-state index contributed by atoms with van der Waals surface area (Å²) in [6, 6.07) is 5.09. The molecule has 0 fully saturated rings. The lowest BCUT2D eigenvalue weighted by molar-refractivity contribution is 0.253. The van der Waals surface area contributed by atoms with Gasteiger partial charge in [0.1, 0.15) is 0 Å². The van der Waals surface area contributed by atoms with Gasteiger partial charge in [-0.3, -0.25) is 4.18 Å². The first kappa shape index (κ1) is 14.0. The Morgan fingerprint density at radius 3 is 2.50 bits per heavy atom. The summed E-state index contributed by atoms with van der Waals surface area (Å²) in [5.74, 6) is 2.25. The Hall–Kier alpha value is -2.04. The SMILES string of the molecule is C#CCNC(=O)Nc1ccc(S(=O)(=O)OC)cc1. The average molecular weight is 268 g/mol. The third-order valence-electron chi connectivity index (χ3n) is 1.97. The van der Waals surface area contributed by atoms with Crippen LogP contribution in [0.15, 0.2) is 29.2 Å². The van der Waals surface area contributed by atoms with Crippen LogP contribution < -0.4 is 10.6 Å². The maximum Gasteiger partial charge on any atom is 0.319 e. The minimum absolute atomic E-state index is 0.0135. The van der Waals surface area contributed by atoms with Crippen molar-refractivity contribution in [1.82, 2.24) is 5.32 Å². The summed E-state index contributed by atoms with van der Waals surface area (Å²) in [5, 5.41) is 4.90. The summed E-state index contributed by atoms with van der Waals surface area (Å²) in [6.07, 6.45) is 4.98. The minimum Gasteiger partial charge on any atom is -0.327 e. The van der Waals surface area contributed by atoms with Crippen molar-refractivity contribution >= 4 is 21.8 Å². The van der Waals surface area contributed by atoms with Gasteiger partial charge in [0.2, 0.25) is 0 Å². The number of carbonyl (C=O) groups is 1. The van der Waals surface area contributed by atoms with E-state index in [0.29, 0.717) is 5.69 Å². The van der Waals surface area contributed by atoms with Gasteiger partial charge in [-0.05, 0) is 24.3 Å². The molecule has 0 atom stereocenters. The molecule has 18 heavy (non-hydrogen) atoms. The monoisotopic (exact) mass is 268 g/mol. The maximum absolute atomic E-state index is 11.3. The number of nitrogens with one attached hydrogen (secondary N) is 2. The second-order valence-corrected chi connectivity index (χ2v) is 4.87. The van der Waals surface area contributed by atoms with Crippen molar-refractivity contribution in [2.45, 2.75) is 4.90 Å². The molecule has 0 saturated heterocycles. The summed E-state index contributed by atoms with van der Waals surface area (Å²) in [7, 11) is -2.63. The zero-order valence-electron chi connectivity index (χ0n) is 9.64. The van der Waals surface area contributed by atoms with E-state index in [4.69, 9.17) is 6.42 Å². The Morgan fingerprint density at radius 2 is 2.00 bits per heavy atom. The number of carbonyl (C=O) groups excluding carboxylic acids is 1. The normalized spacial score (nSPS) is 10.4. The van der Waals surface area contributed by atoms with E-state index in [0.717, 1.165) is 7.11 Å². The first-order valence-corrected chi connectivity index (χ1v) is 6.29. The Labute approximate surface area is 105 Å². The zero-order valence-corrected chi connectivity index (χ0v) is 10.5. The fourth-order valence-corrected chi connectivity index (χ4v) is 1.77. The van der Waals surface area contributed by atoms with Crippen molar-refractivity contribution in [3.05, 3.63) is 24.3 Å². The van der Waals surface area contributed by atoms with Gasteiger partial charge < -0.3 is 10.6 Å². The molecule has 6 nitrogen and oxygen atoms in total. The molecule has 0 unspecified atom stereocenters. The first-order valence-electron chi connectivity index (χ1n) is 4.88. The minimum atomic E-state index is -3.71. The van der Waals surface area contributed by atoms with E-state index in [9.17, 15) is 13.2 Å². The summed E-state index contributed by atoms with van der Waals surface area (Å²) >= 11 is 0. The topological polar surface area (TPSA) is 84.5 Å². The number of hydrogen-bond acceptors (Lipinski definition) is 4. The average Bonchev–Trinajstić information content (AvgIpc) is 2.37. The van der Waals surface area contributed by atoms with Crippen molar-refractivity contribution in [1.29, 1.82) is 0 Å². The van der Waals surface area contributed by atoms with Crippen LogP contribution in [0, 0.1) is 12.3 Å². The van der Waals surface area contributed by atoms with Crippen LogP contribution in [0.2, 0.25) is 0 Å². The van der Waals surface area contributed by atoms with Crippen molar-refractivity contribution < 1.29 is 17.4 Å². The van der Waals surface area contributed by atoms with Crippen LogP contribution in [0.4, 0.5) is 10.5 Å². The van der Waals surface area contributed by atoms with Crippen LogP contribution in [-0.2, 0) is 14.3 Å². The fourth-order valence-electron chi connectivity index (χ4n) is 1.11. The molecule has 2 N–H and O–H groups in total. The number of amides is 2. The van der Waals surface area contributed by atoms with Gasteiger partial charge in [0.15, 0.2) is 0 Å². The number of benzene rings is 1. The maximum atomic E-state index is 11.3. The molecular weight excluding hydrogens is 256 g/mol. The Morgan fingerprint density at radius 1 is 1.39 bits per heavy atom. The fraction of sp³-hybridized carbons (Fsp3) is 0.182. The van der Waals surface area contributed by atoms with Gasteiger partial charge in [-0.15, -0.1) is 6.42 Å². The van der Waals surface area contributed by atoms with E-state index in [1.54, 1.807) is 0 Å². The largest absolute Gasteiger partial charge is 0.327 e. The molecule has 1 aromatic carbocycles. The summed E-state index contributed by atoms with van der Waals surface area (Å²) < 4.78 is 27.0. The Balaban J connectivity index is 2.73. The number of terminal acetylenes is 1. The number of rotatable bonds is 4. The van der Waals surface area contributed by atoms with Crippen molar-refractivity contribution in [2.24, 2.45) is 0 Å². The molecule has 96 valence electrons. The molecule has 0 aliphatic heterocycles. The van der Waals surface area contributed by atoms with Crippen LogP contribution in [0.25, 0.3) is 0 Å². The van der Waals surface area contributed by atoms with Crippen LogP contribution >= 0.6 is 0 Å². The molecule has 0 aliphatic carbocycles. The Bertz CT molecular complexity index is 558. The van der Waals surface area contributed by atoms with Gasteiger partial charge in [0.25, 0.3) is 10.1 Å². The van der Waals surface area contributed by atoms with Gasteiger partial charge in [-0.1, -0.05) is 5.92 Å². The van der Waals surface area contributed by atoms with Crippen molar-refractivity contribution in [3.8, 4) is 12.3 Å². The van der Waals surface area contributed by atoms with Crippen molar-refractivity contribution in [3.63, 3.8) is 0 Å². The lowest BCUT2D eigenvalue weighted by Gasteiger charge is -2.06. The number of urea groups is 1. The molecule has 0 heterocycles. The van der Waals surface area contributed by atoms with Crippen molar-refractivity contribution in [2.75, 3.05) is 19.0 Å². The first-order chi connectivity index (χ1) is 8.49. The molecule has 0 aromatic heterocycles. The van der Waals surface area contributed by atoms with E-state index < -0.39 is 16.1 Å². The molecule has 1 aromatic rings. The van der Waals surface area contributed by atoms with E-state index in [-0.39, 0.29) is 11.4 Å². The highest BCUT2D eigenvalue weighted by atomic mass is 32.2. The van der Waals surface area contributed by atoms with Crippen LogP contribution in [0.3, 0.4) is 0 Å². The highest BCUT2D eigenvalue weighted by molar-refractivity contribution is 7.86. The molecule has 7 heteroatoms. The highest BCUT2D eigenvalue weighted by Crippen LogP contribution is 2.15. The molecule has 0 spiro atoms. The molecule has 2 amide bonds. The van der Waals surface area contributed by atoms with E-state index >= 15 is 0 Å². The Kier molecular flexibility index (Phi) is 4.71. The summed E-state index contributed by atoms with van der Waals surface area (Å²) in [4.78, 5) is 11.3. The number of hydrogen-bond donors (Lipinski definition) is 2. The van der Waals surface area contributed by atoms with Crippen LogP contribution in [0.5, 0.6) is 0 Å². The lowest BCUT2D eigenvalue weighted by atomic mass is 10.3. The molecule has 0 radical (unpaired) electrons. The van der Waals surface area contributed by atoms with Gasteiger partial charge in [-0.25, -0.2) is 4.79 Å². The zero-order chi connectivity index (χ0) is 13.6.